The number of hydrogen-bond acceptors (Lipinski definition) is 3. The van der Waals surface area contributed by atoms with E-state index < -0.39 is 18.0 Å². The van der Waals surface area contributed by atoms with E-state index in [1.54, 1.807) is 12.1 Å². The molecule has 5 nitrogen and oxygen atoms in total. The van der Waals surface area contributed by atoms with Gasteiger partial charge in [-0.05, 0) is 23.3 Å². The highest BCUT2D eigenvalue weighted by atomic mass is 35.5. The largest absolute Gasteiger partial charge is 0.467 e. The number of hydrogen-bond donors (Lipinski definition) is 2. The molecule has 2 amide bonds. The summed E-state index contributed by atoms with van der Waals surface area (Å²) in [6, 6.07) is 15.4. The molecule has 2 aromatic carbocycles. The van der Waals surface area contributed by atoms with E-state index >= 15 is 0 Å². The minimum atomic E-state index is -0.748. The third-order valence-electron chi connectivity index (χ3n) is 3.44. The minimum absolute atomic E-state index is 0.336. The summed E-state index contributed by atoms with van der Waals surface area (Å²) in [5, 5.41) is 6.00. The van der Waals surface area contributed by atoms with Gasteiger partial charge in [-0.3, -0.25) is 0 Å². The summed E-state index contributed by atoms with van der Waals surface area (Å²) in [6.07, 6.45) is 0.363. The van der Waals surface area contributed by atoms with E-state index in [2.05, 4.69) is 10.6 Å². The summed E-state index contributed by atoms with van der Waals surface area (Å²) < 4.78 is 4.77. The van der Waals surface area contributed by atoms with Crippen LogP contribution in [0.15, 0.2) is 54.6 Å². The first-order valence-electron chi connectivity index (χ1n) is 7.49. The molecule has 1 unspecified atom stereocenters. The predicted octanol–water partition coefficient (Wildman–Crippen LogP) is 2.92. The zero-order chi connectivity index (χ0) is 17.4. The lowest BCUT2D eigenvalue weighted by Crippen LogP contribution is -2.47. The molecule has 0 fully saturated rings. The first-order chi connectivity index (χ1) is 11.6. The second-order valence-corrected chi connectivity index (χ2v) is 5.66. The molecule has 0 radical (unpaired) electrons. The fraction of sp³-hybridized carbons (Fsp3) is 0.222. The van der Waals surface area contributed by atoms with Gasteiger partial charge in [-0.2, -0.15) is 0 Å². The van der Waals surface area contributed by atoms with Gasteiger partial charge in [-0.15, -0.1) is 0 Å². The minimum Gasteiger partial charge on any atom is -0.467 e. The molecule has 2 rings (SSSR count). The highest BCUT2D eigenvalue weighted by Crippen LogP contribution is 2.09. The third-order valence-corrected chi connectivity index (χ3v) is 3.69. The number of benzene rings is 2. The van der Waals surface area contributed by atoms with Gasteiger partial charge in [0, 0.05) is 18.0 Å². The standard InChI is InChI=1S/C18H19ClN2O3/c1-24-17(22)16(11-13-5-3-2-4-6-13)21-18(23)20-12-14-7-9-15(19)10-8-14/h2-10,16H,11-12H2,1H3,(H2,20,21,23). The Bertz CT molecular complexity index is 674. The molecule has 24 heavy (non-hydrogen) atoms. The summed E-state index contributed by atoms with van der Waals surface area (Å²) >= 11 is 5.82. The number of esters is 1. The van der Waals surface area contributed by atoms with Crippen molar-refractivity contribution in [3.8, 4) is 0 Å². The summed E-state index contributed by atoms with van der Waals surface area (Å²) in [4.78, 5) is 23.9. The van der Waals surface area contributed by atoms with Crippen molar-refractivity contribution < 1.29 is 14.3 Å². The number of rotatable bonds is 6. The van der Waals surface area contributed by atoms with Gasteiger partial charge in [0.2, 0.25) is 0 Å². The van der Waals surface area contributed by atoms with Gasteiger partial charge in [0.05, 0.1) is 7.11 Å². The van der Waals surface area contributed by atoms with Gasteiger partial charge in [0.15, 0.2) is 0 Å². The number of carbonyl (C=O) groups is 2. The molecular formula is C18H19ClN2O3. The maximum Gasteiger partial charge on any atom is 0.328 e. The molecule has 0 spiro atoms. The quantitative estimate of drug-likeness (QED) is 0.790. The van der Waals surface area contributed by atoms with Crippen LogP contribution in [0.3, 0.4) is 0 Å². The number of urea groups is 1. The van der Waals surface area contributed by atoms with E-state index in [1.165, 1.54) is 7.11 Å². The molecule has 0 aliphatic heterocycles. The Balaban J connectivity index is 1.91. The Morgan fingerprint density at radius 1 is 1.04 bits per heavy atom. The Kier molecular flexibility index (Phi) is 6.63. The Labute approximate surface area is 146 Å². The molecule has 0 aliphatic rings. The van der Waals surface area contributed by atoms with Crippen LogP contribution in [-0.2, 0) is 22.5 Å². The molecule has 2 N–H and O–H groups in total. The molecule has 6 heteroatoms. The highest BCUT2D eigenvalue weighted by Gasteiger charge is 2.21. The average molecular weight is 347 g/mol. The van der Waals surface area contributed by atoms with Crippen LogP contribution in [-0.4, -0.2) is 25.2 Å². The number of amides is 2. The first-order valence-corrected chi connectivity index (χ1v) is 7.87. The molecule has 0 heterocycles. The number of halogens is 1. The second-order valence-electron chi connectivity index (χ2n) is 5.22. The molecule has 1 atom stereocenters. The number of methoxy groups -OCH3 is 1. The zero-order valence-corrected chi connectivity index (χ0v) is 14.0. The lowest BCUT2D eigenvalue weighted by molar-refractivity contribution is -0.142. The van der Waals surface area contributed by atoms with Crippen molar-refractivity contribution in [3.05, 3.63) is 70.7 Å². The summed E-state index contributed by atoms with van der Waals surface area (Å²) in [7, 11) is 1.30. The van der Waals surface area contributed by atoms with Crippen molar-refractivity contribution in [3.63, 3.8) is 0 Å². The average Bonchev–Trinajstić information content (AvgIpc) is 2.61. The van der Waals surface area contributed by atoms with Crippen LogP contribution < -0.4 is 10.6 Å². The maximum absolute atomic E-state index is 12.0. The third kappa shape index (κ3) is 5.59. The van der Waals surface area contributed by atoms with Crippen LogP contribution in [0.25, 0.3) is 0 Å². The van der Waals surface area contributed by atoms with E-state index in [0.717, 1.165) is 11.1 Å². The van der Waals surface area contributed by atoms with Gasteiger partial charge in [0.25, 0.3) is 0 Å². The normalized spacial score (nSPS) is 11.4. The summed E-state index contributed by atoms with van der Waals surface area (Å²) in [6.45, 7) is 0.336. The van der Waals surface area contributed by atoms with E-state index in [4.69, 9.17) is 16.3 Å². The second kappa shape index (κ2) is 8.93. The molecule has 2 aromatic rings. The van der Waals surface area contributed by atoms with Crippen molar-refractivity contribution in [2.24, 2.45) is 0 Å². The SMILES string of the molecule is COC(=O)C(Cc1ccccc1)NC(=O)NCc1ccc(Cl)cc1. The summed E-state index contributed by atoms with van der Waals surface area (Å²) in [5.41, 5.74) is 1.85. The number of carbonyl (C=O) groups excluding carboxylic acids is 2. The van der Waals surface area contributed by atoms with E-state index in [9.17, 15) is 9.59 Å². The van der Waals surface area contributed by atoms with Crippen LogP contribution in [0, 0.1) is 0 Å². The molecule has 126 valence electrons. The van der Waals surface area contributed by atoms with Crippen molar-refractivity contribution in [2.45, 2.75) is 19.0 Å². The molecular weight excluding hydrogens is 328 g/mol. The van der Waals surface area contributed by atoms with E-state index in [-0.39, 0.29) is 0 Å². The highest BCUT2D eigenvalue weighted by molar-refractivity contribution is 6.30. The summed E-state index contributed by atoms with van der Waals surface area (Å²) in [5.74, 6) is -0.486. The fourth-order valence-electron chi connectivity index (χ4n) is 2.18. The Morgan fingerprint density at radius 3 is 2.33 bits per heavy atom. The lowest BCUT2D eigenvalue weighted by Gasteiger charge is -2.17. The molecule has 0 bridgehead atoms. The van der Waals surface area contributed by atoms with Gasteiger partial charge in [0.1, 0.15) is 6.04 Å². The lowest BCUT2D eigenvalue weighted by atomic mass is 10.1. The zero-order valence-electron chi connectivity index (χ0n) is 13.3. The van der Waals surface area contributed by atoms with Crippen LogP contribution in [0.5, 0.6) is 0 Å². The van der Waals surface area contributed by atoms with Gasteiger partial charge >= 0.3 is 12.0 Å². The predicted molar refractivity (Wildman–Crippen MR) is 92.8 cm³/mol. The van der Waals surface area contributed by atoms with Gasteiger partial charge < -0.3 is 15.4 Å². The number of ether oxygens (including phenoxy) is 1. The first kappa shape index (κ1) is 17.8. The smallest absolute Gasteiger partial charge is 0.328 e. The monoisotopic (exact) mass is 346 g/mol. The van der Waals surface area contributed by atoms with Crippen molar-refractivity contribution in [2.75, 3.05) is 7.11 Å². The Hall–Kier alpha value is -2.53. The molecule has 0 saturated carbocycles. The van der Waals surface area contributed by atoms with Crippen LogP contribution in [0.2, 0.25) is 5.02 Å². The fourth-order valence-corrected chi connectivity index (χ4v) is 2.31. The van der Waals surface area contributed by atoms with Gasteiger partial charge in [-0.1, -0.05) is 54.1 Å². The van der Waals surface area contributed by atoms with Crippen molar-refractivity contribution in [1.82, 2.24) is 10.6 Å². The van der Waals surface area contributed by atoms with Crippen molar-refractivity contribution in [1.29, 1.82) is 0 Å². The van der Waals surface area contributed by atoms with E-state index in [1.807, 2.05) is 42.5 Å². The molecule has 0 aliphatic carbocycles. The number of nitrogens with one attached hydrogen (secondary N) is 2. The molecule has 0 saturated heterocycles. The van der Waals surface area contributed by atoms with Crippen LogP contribution in [0.1, 0.15) is 11.1 Å². The van der Waals surface area contributed by atoms with Crippen LogP contribution >= 0.6 is 11.6 Å². The Morgan fingerprint density at radius 2 is 1.71 bits per heavy atom. The topological polar surface area (TPSA) is 67.4 Å². The molecule has 0 aromatic heterocycles. The van der Waals surface area contributed by atoms with E-state index in [0.29, 0.717) is 18.0 Å². The van der Waals surface area contributed by atoms with Crippen LogP contribution in [0.4, 0.5) is 4.79 Å². The van der Waals surface area contributed by atoms with Gasteiger partial charge in [-0.25, -0.2) is 9.59 Å². The maximum atomic E-state index is 12.0. The van der Waals surface area contributed by atoms with Crippen molar-refractivity contribution >= 4 is 23.6 Å².